The summed E-state index contributed by atoms with van der Waals surface area (Å²) in [7, 11) is 0. The molecule has 1 fully saturated rings. The van der Waals surface area contributed by atoms with Gasteiger partial charge in [-0.15, -0.1) is 0 Å². The van der Waals surface area contributed by atoms with Gasteiger partial charge in [0.15, 0.2) is 0 Å². The van der Waals surface area contributed by atoms with Crippen molar-refractivity contribution in [1.29, 1.82) is 0 Å². The first-order valence-corrected chi connectivity index (χ1v) is 9.66. The number of hydrogen-bond acceptors (Lipinski definition) is 4. The largest absolute Gasteiger partial charge is 0.299 e. The zero-order valence-electron chi connectivity index (χ0n) is 13.3. The number of rotatable bonds is 5. The highest BCUT2D eigenvalue weighted by Gasteiger charge is 2.18. The average molecular weight is 407 g/mol. The van der Waals surface area contributed by atoms with E-state index in [0.717, 1.165) is 34.6 Å². The van der Waals surface area contributed by atoms with Gasteiger partial charge in [-0.2, -0.15) is 0 Å². The number of halogens is 1. The summed E-state index contributed by atoms with van der Waals surface area (Å²) in [5, 5.41) is 11.5. The van der Waals surface area contributed by atoms with E-state index in [9.17, 15) is 10.1 Å². The number of hydrogen-bond donors (Lipinski definition) is 0. The molecule has 1 saturated heterocycles. The molecule has 0 aliphatic carbocycles. The van der Waals surface area contributed by atoms with Crippen LogP contribution in [0.15, 0.2) is 56.7 Å². The summed E-state index contributed by atoms with van der Waals surface area (Å²) in [6.07, 6.45) is 3.73. The molecule has 0 unspecified atom stereocenters. The second-order valence-corrected chi connectivity index (χ2v) is 7.98. The lowest BCUT2D eigenvalue weighted by Crippen LogP contribution is -2.29. The van der Waals surface area contributed by atoms with E-state index >= 15 is 0 Å². The molecular weight excluding hydrogens is 388 g/mol. The summed E-state index contributed by atoms with van der Waals surface area (Å²) in [5.74, 6) is 0. The van der Waals surface area contributed by atoms with E-state index in [4.69, 9.17) is 0 Å². The standard InChI is InChI=1S/C18H19BrN2O2S/c19-15-5-7-16(8-6-15)24-18-9-4-14(12-17(18)21(22)23)13-20-10-2-1-3-11-20/h4-9,12H,1-3,10-11,13H2. The number of nitro benzene ring substituents is 1. The maximum atomic E-state index is 11.5. The van der Waals surface area contributed by atoms with Crippen molar-refractivity contribution >= 4 is 33.4 Å². The minimum absolute atomic E-state index is 0.192. The third-order valence-electron chi connectivity index (χ3n) is 4.12. The molecule has 0 radical (unpaired) electrons. The summed E-state index contributed by atoms with van der Waals surface area (Å²) < 4.78 is 0.998. The third-order valence-corrected chi connectivity index (χ3v) is 5.72. The van der Waals surface area contributed by atoms with Gasteiger partial charge in [-0.25, -0.2) is 0 Å². The lowest BCUT2D eigenvalue weighted by Gasteiger charge is -2.26. The monoisotopic (exact) mass is 406 g/mol. The van der Waals surface area contributed by atoms with Crippen LogP contribution in [0, 0.1) is 10.1 Å². The first kappa shape index (κ1) is 17.5. The van der Waals surface area contributed by atoms with Crippen LogP contribution in [0.25, 0.3) is 0 Å². The normalized spacial score (nSPS) is 15.4. The minimum Gasteiger partial charge on any atom is -0.299 e. The van der Waals surface area contributed by atoms with Gasteiger partial charge in [0.05, 0.1) is 9.82 Å². The van der Waals surface area contributed by atoms with Crippen molar-refractivity contribution in [3.8, 4) is 0 Å². The van der Waals surface area contributed by atoms with E-state index < -0.39 is 0 Å². The number of piperidine rings is 1. The van der Waals surface area contributed by atoms with Gasteiger partial charge in [0.2, 0.25) is 0 Å². The van der Waals surface area contributed by atoms with E-state index in [1.54, 1.807) is 6.07 Å². The van der Waals surface area contributed by atoms with Crippen LogP contribution in [-0.2, 0) is 6.54 Å². The fraction of sp³-hybridized carbons (Fsp3) is 0.333. The Labute approximate surface area is 154 Å². The second kappa shape index (κ2) is 8.14. The number of nitro groups is 1. The molecule has 6 heteroatoms. The van der Waals surface area contributed by atoms with Gasteiger partial charge in [-0.05, 0) is 61.8 Å². The Hall–Kier alpha value is -1.37. The molecule has 0 atom stereocenters. The molecule has 0 spiro atoms. The summed E-state index contributed by atoms with van der Waals surface area (Å²) in [5.41, 5.74) is 1.21. The maximum Gasteiger partial charge on any atom is 0.283 e. The van der Waals surface area contributed by atoms with Gasteiger partial charge in [-0.3, -0.25) is 15.0 Å². The molecule has 4 nitrogen and oxygen atoms in total. The lowest BCUT2D eigenvalue weighted by atomic mass is 10.1. The Kier molecular flexibility index (Phi) is 5.92. The van der Waals surface area contributed by atoms with Crippen LogP contribution in [0.3, 0.4) is 0 Å². The van der Waals surface area contributed by atoms with Crippen LogP contribution in [0.2, 0.25) is 0 Å². The minimum atomic E-state index is -0.277. The zero-order chi connectivity index (χ0) is 16.9. The predicted molar refractivity (Wildman–Crippen MR) is 100 cm³/mol. The number of likely N-dealkylation sites (tertiary alicyclic amines) is 1. The molecule has 24 heavy (non-hydrogen) atoms. The van der Waals surface area contributed by atoms with E-state index in [-0.39, 0.29) is 10.6 Å². The molecule has 2 aromatic carbocycles. The quantitative estimate of drug-likeness (QED) is 0.486. The summed E-state index contributed by atoms with van der Waals surface area (Å²) in [4.78, 5) is 15.3. The van der Waals surface area contributed by atoms with Crippen LogP contribution >= 0.6 is 27.7 Å². The van der Waals surface area contributed by atoms with Crippen LogP contribution in [0.4, 0.5) is 5.69 Å². The molecule has 3 rings (SSSR count). The fourth-order valence-electron chi connectivity index (χ4n) is 2.90. The van der Waals surface area contributed by atoms with Crippen LogP contribution in [0.5, 0.6) is 0 Å². The zero-order valence-corrected chi connectivity index (χ0v) is 15.7. The van der Waals surface area contributed by atoms with Crippen molar-refractivity contribution in [2.45, 2.75) is 35.6 Å². The van der Waals surface area contributed by atoms with Crippen molar-refractivity contribution in [3.63, 3.8) is 0 Å². The Balaban J connectivity index is 1.79. The Morgan fingerprint density at radius 1 is 1.08 bits per heavy atom. The summed E-state index contributed by atoms with van der Waals surface area (Å²) in [6.45, 7) is 2.97. The molecule has 0 aromatic heterocycles. The van der Waals surface area contributed by atoms with E-state index in [1.807, 2.05) is 36.4 Å². The van der Waals surface area contributed by atoms with Gasteiger partial charge in [-0.1, -0.05) is 40.2 Å². The fourth-order valence-corrected chi connectivity index (χ4v) is 4.06. The van der Waals surface area contributed by atoms with Crippen LogP contribution in [-0.4, -0.2) is 22.9 Å². The van der Waals surface area contributed by atoms with Gasteiger partial charge >= 0.3 is 0 Å². The van der Waals surface area contributed by atoms with E-state index in [2.05, 4.69) is 20.8 Å². The summed E-state index contributed by atoms with van der Waals surface area (Å²) in [6, 6.07) is 13.4. The van der Waals surface area contributed by atoms with Crippen molar-refractivity contribution in [3.05, 3.63) is 62.6 Å². The van der Waals surface area contributed by atoms with Gasteiger partial charge in [0, 0.05) is 22.0 Å². The number of benzene rings is 2. The molecule has 1 aliphatic heterocycles. The highest BCUT2D eigenvalue weighted by atomic mass is 79.9. The molecule has 0 amide bonds. The first-order valence-electron chi connectivity index (χ1n) is 8.05. The smallest absolute Gasteiger partial charge is 0.283 e. The number of nitrogens with zero attached hydrogens (tertiary/aromatic N) is 2. The molecule has 0 N–H and O–H groups in total. The van der Waals surface area contributed by atoms with E-state index in [0.29, 0.717) is 4.90 Å². The molecule has 1 aliphatic rings. The van der Waals surface area contributed by atoms with E-state index in [1.165, 1.54) is 31.0 Å². The Morgan fingerprint density at radius 3 is 2.46 bits per heavy atom. The summed E-state index contributed by atoms with van der Waals surface area (Å²) >= 11 is 4.83. The van der Waals surface area contributed by atoms with Crippen molar-refractivity contribution in [2.24, 2.45) is 0 Å². The molecule has 0 saturated carbocycles. The van der Waals surface area contributed by atoms with Crippen molar-refractivity contribution in [1.82, 2.24) is 4.90 Å². The van der Waals surface area contributed by atoms with Crippen LogP contribution in [0.1, 0.15) is 24.8 Å². The molecule has 2 aromatic rings. The van der Waals surface area contributed by atoms with Crippen LogP contribution < -0.4 is 0 Å². The highest BCUT2D eigenvalue weighted by molar-refractivity contribution is 9.10. The maximum absolute atomic E-state index is 11.5. The molecule has 1 heterocycles. The first-order chi connectivity index (χ1) is 11.6. The Morgan fingerprint density at radius 2 is 1.79 bits per heavy atom. The lowest BCUT2D eigenvalue weighted by molar-refractivity contribution is -0.387. The second-order valence-electron chi connectivity index (χ2n) is 5.95. The topological polar surface area (TPSA) is 46.4 Å². The average Bonchev–Trinajstić information content (AvgIpc) is 2.59. The highest BCUT2D eigenvalue weighted by Crippen LogP contribution is 2.36. The Bertz CT molecular complexity index is 715. The molecular formula is C18H19BrN2O2S. The molecule has 0 bridgehead atoms. The van der Waals surface area contributed by atoms with Gasteiger partial charge < -0.3 is 0 Å². The molecule has 126 valence electrons. The van der Waals surface area contributed by atoms with Gasteiger partial charge in [0.25, 0.3) is 5.69 Å². The SMILES string of the molecule is O=[N+]([O-])c1cc(CN2CCCCC2)ccc1Sc1ccc(Br)cc1. The van der Waals surface area contributed by atoms with Gasteiger partial charge in [0.1, 0.15) is 0 Å². The third kappa shape index (κ3) is 4.59. The van der Waals surface area contributed by atoms with Crippen molar-refractivity contribution < 1.29 is 4.92 Å². The van der Waals surface area contributed by atoms with Crippen molar-refractivity contribution in [2.75, 3.05) is 13.1 Å². The predicted octanol–water partition coefficient (Wildman–Crippen LogP) is 5.49.